The Hall–Kier alpha value is -0.820. The van der Waals surface area contributed by atoms with E-state index in [0.717, 1.165) is 24.1 Å². The Labute approximate surface area is 126 Å². The molecule has 0 unspecified atom stereocenters. The van der Waals surface area contributed by atoms with Crippen LogP contribution in [-0.4, -0.2) is 29.7 Å². The quantitative estimate of drug-likeness (QED) is 0.858. The molecule has 0 radical (unpaired) electrons. The molecule has 1 aromatic heterocycles. The van der Waals surface area contributed by atoms with Crippen LogP contribution in [0.25, 0.3) is 0 Å². The van der Waals surface area contributed by atoms with E-state index in [1.165, 1.54) is 37.0 Å². The zero-order valence-corrected chi connectivity index (χ0v) is 13.4. The van der Waals surface area contributed by atoms with Crippen LogP contribution >= 0.6 is 11.3 Å². The average molecular weight is 291 g/mol. The minimum atomic E-state index is -0.0637. The summed E-state index contributed by atoms with van der Waals surface area (Å²) in [6.07, 6.45) is 6.82. The maximum absolute atomic E-state index is 8.71. The summed E-state index contributed by atoms with van der Waals surface area (Å²) < 4.78 is 0. The van der Waals surface area contributed by atoms with Gasteiger partial charge in [0, 0.05) is 28.4 Å². The zero-order valence-electron chi connectivity index (χ0n) is 12.6. The monoisotopic (exact) mass is 291 g/mol. The van der Waals surface area contributed by atoms with Gasteiger partial charge in [-0.1, -0.05) is 25.2 Å². The number of aliphatic hydroxyl groups is 1. The summed E-state index contributed by atoms with van der Waals surface area (Å²) in [6.45, 7) is 3.27. The molecule has 0 bridgehead atoms. The third kappa shape index (κ3) is 4.34. The van der Waals surface area contributed by atoms with Gasteiger partial charge in [-0.05, 0) is 44.7 Å². The smallest absolute Gasteiger partial charge is 0.104 e. The molecule has 2 rings (SSSR count). The summed E-state index contributed by atoms with van der Waals surface area (Å²) >= 11 is 1.77. The first-order valence-corrected chi connectivity index (χ1v) is 8.48. The highest BCUT2D eigenvalue weighted by atomic mass is 32.1. The van der Waals surface area contributed by atoms with Gasteiger partial charge in [0.05, 0.1) is 0 Å². The van der Waals surface area contributed by atoms with Crippen LogP contribution in [0.3, 0.4) is 0 Å². The Morgan fingerprint density at radius 3 is 2.75 bits per heavy atom. The predicted molar refractivity (Wildman–Crippen MR) is 85.8 cm³/mol. The van der Waals surface area contributed by atoms with Crippen LogP contribution in [0.2, 0.25) is 0 Å². The minimum absolute atomic E-state index is 0.0637. The number of nitrogens with zero attached hydrogens (tertiary/aromatic N) is 1. The van der Waals surface area contributed by atoms with Gasteiger partial charge in [0.25, 0.3) is 0 Å². The lowest BCUT2D eigenvalue weighted by atomic mass is 9.84. The van der Waals surface area contributed by atoms with Crippen LogP contribution < -0.4 is 0 Å². The predicted octanol–water partition coefficient (Wildman–Crippen LogP) is 3.49. The fourth-order valence-corrected chi connectivity index (χ4v) is 3.92. The van der Waals surface area contributed by atoms with E-state index in [0.29, 0.717) is 0 Å². The van der Waals surface area contributed by atoms with Crippen LogP contribution in [0, 0.1) is 17.8 Å². The molecule has 0 aliphatic heterocycles. The van der Waals surface area contributed by atoms with E-state index in [4.69, 9.17) is 5.11 Å². The summed E-state index contributed by atoms with van der Waals surface area (Å²) in [6, 6.07) is 2.90. The second-order valence-electron chi connectivity index (χ2n) is 5.76. The third-order valence-electron chi connectivity index (χ3n) is 4.39. The van der Waals surface area contributed by atoms with Crippen LogP contribution in [0.4, 0.5) is 0 Å². The molecule has 0 saturated heterocycles. The highest BCUT2D eigenvalue weighted by molar-refractivity contribution is 7.10. The van der Waals surface area contributed by atoms with Crippen LogP contribution in [0.15, 0.2) is 11.4 Å². The van der Waals surface area contributed by atoms with Crippen LogP contribution in [-0.2, 0) is 6.54 Å². The molecule has 1 N–H and O–H groups in total. The van der Waals surface area contributed by atoms with E-state index in [9.17, 15) is 0 Å². The lowest BCUT2D eigenvalue weighted by Gasteiger charge is -2.34. The zero-order chi connectivity index (χ0) is 14.4. The number of rotatable bonds is 4. The van der Waals surface area contributed by atoms with Gasteiger partial charge >= 0.3 is 0 Å². The molecule has 1 aliphatic rings. The average Bonchev–Trinajstić information content (AvgIpc) is 2.92. The molecule has 0 spiro atoms. The number of hydrogen-bond acceptors (Lipinski definition) is 3. The van der Waals surface area contributed by atoms with Crippen molar-refractivity contribution < 1.29 is 5.11 Å². The maximum Gasteiger partial charge on any atom is 0.104 e. The van der Waals surface area contributed by atoms with Crippen molar-refractivity contribution in [1.29, 1.82) is 0 Å². The molecule has 1 heterocycles. The Morgan fingerprint density at radius 1 is 1.35 bits per heavy atom. The van der Waals surface area contributed by atoms with E-state index in [1.807, 2.05) is 0 Å². The first kappa shape index (κ1) is 15.6. The lowest BCUT2D eigenvalue weighted by Crippen LogP contribution is -2.34. The molecule has 0 atom stereocenters. The van der Waals surface area contributed by atoms with Crippen LogP contribution in [0.5, 0.6) is 0 Å². The van der Waals surface area contributed by atoms with Crippen molar-refractivity contribution in [2.24, 2.45) is 5.92 Å². The van der Waals surface area contributed by atoms with Gasteiger partial charge in [0.2, 0.25) is 0 Å². The van der Waals surface area contributed by atoms with Gasteiger partial charge in [-0.2, -0.15) is 0 Å². The van der Waals surface area contributed by atoms with Gasteiger partial charge in [0.1, 0.15) is 6.61 Å². The highest BCUT2D eigenvalue weighted by Gasteiger charge is 2.23. The Bertz CT molecular complexity index is 463. The third-order valence-corrected chi connectivity index (χ3v) is 5.31. The number of thiophene rings is 1. The van der Waals surface area contributed by atoms with Crippen molar-refractivity contribution in [1.82, 2.24) is 4.90 Å². The fraction of sp³-hybridized carbons (Fsp3) is 0.647. The van der Waals surface area contributed by atoms with Gasteiger partial charge in [-0.15, -0.1) is 11.3 Å². The van der Waals surface area contributed by atoms with E-state index >= 15 is 0 Å². The van der Waals surface area contributed by atoms with Gasteiger partial charge in [0.15, 0.2) is 0 Å². The van der Waals surface area contributed by atoms with Crippen molar-refractivity contribution >= 4 is 11.3 Å². The fourth-order valence-electron chi connectivity index (χ4n) is 3.04. The second kappa shape index (κ2) is 7.83. The molecule has 3 heteroatoms. The molecular formula is C17H25NOS. The molecule has 0 amide bonds. The van der Waals surface area contributed by atoms with E-state index in [2.05, 4.69) is 42.2 Å². The summed E-state index contributed by atoms with van der Waals surface area (Å²) in [5, 5.41) is 10.8. The standard InChI is InChI=1S/C17H25NOS/c1-3-14-6-8-16(9-7-14)18(2)12-17-11-15(13-20-17)5-4-10-19/h11,13-14,16,19H,3,6-10,12H2,1-2H3. The van der Waals surface area contributed by atoms with Crippen molar-refractivity contribution in [2.75, 3.05) is 13.7 Å². The first-order chi connectivity index (χ1) is 9.72. The largest absolute Gasteiger partial charge is 0.384 e. The molecule has 0 aromatic carbocycles. The Balaban J connectivity index is 1.85. The molecule has 1 saturated carbocycles. The molecule has 1 aromatic rings. The maximum atomic E-state index is 8.71. The normalized spacial score (nSPS) is 22.6. The van der Waals surface area contributed by atoms with Crippen molar-refractivity contribution in [3.8, 4) is 11.8 Å². The molecule has 1 aliphatic carbocycles. The summed E-state index contributed by atoms with van der Waals surface area (Å²) in [5.41, 5.74) is 1.03. The van der Waals surface area contributed by atoms with Gasteiger partial charge < -0.3 is 5.11 Å². The van der Waals surface area contributed by atoms with Crippen molar-refractivity contribution in [3.05, 3.63) is 21.9 Å². The molecular weight excluding hydrogens is 266 g/mol. The highest BCUT2D eigenvalue weighted by Crippen LogP contribution is 2.30. The summed E-state index contributed by atoms with van der Waals surface area (Å²) in [5.74, 6) is 6.64. The lowest BCUT2D eigenvalue weighted by molar-refractivity contribution is 0.158. The Morgan fingerprint density at radius 2 is 2.10 bits per heavy atom. The number of hydrogen-bond donors (Lipinski definition) is 1. The van der Waals surface area contributed by atoms with Crippen LogP contribution in [0.1, 0.15) is 49.5 Å². The molecule has 1 fully saturated rings. The summed E-state index contributed by atoms with van der Waals surface area (Å²) in [4.78, 5) is 3.87. The van der Waals surface area contributed by atoms with E-state index in [-0.39, 0.29) is 6.61 Å². The van der Waals surface area contributed by atoms with Crippen molar-refractivity contribution in [3.63, 3.8) is 0 Å². The second-order valence-corrected chi connectivity index (χ2v) is 6.76. The Kier molecular flexibility index (Phi) is 6.09. The first-order valence-electron chi connectivity index (χ1n) is 7.60. The molecule has 20 heavy (non-hydrogen) atoms. The van der Waals surface area contributed by atoms with Gasteiger partial charge in [-0.25, -0.2) is 0 Å². The SMILES string of the molecule is CCC1CCC(N(C)Cc2cc(C#CCO)cs2)CC1. The topological polar surface area (TPSA) is 23.5 Å². The van der Waals surface area contributed by atoms with Crippen molar-refractivity contribution in [2.45, 2.75) is 51.6 Å². The van der Waals surface area contributed by atoms with E-state index < -0.39 is 0 Å². The minimum Gasteiger partial charge on any atom is -0.384 e. The molecule has 2 nitrogen and oxygen atoms in total. The van der Waals surface area contributed by atoms with Gasteiger partial charge in [-0.3, -0.25) is 4.90 Å². The summed E-state index contributed by atoms with van der Waals surface area (Å²) in [7, 11) is 2.25. The van der Waals surface area contributed by atoms with E-state index in [1.54, 1.807) is 11.3 Å². The molecule has 110 valence electrons. The number of aliphatic hydroxyl groups excluding tert-OH is 1.